The topological polar surface area (TPSA) is 47.7 Å². The molecule has 1 aliphatic rings. The van der Waals surface area contributed by atoms with Gasteiger partial charge < -0.3 is 5.32 Å². The molecule has 1 atom stereocenters. The lowest BCUT2D eigenvalue weighted by Crippen LogP contribution is -2.20. The molecule has 0 amide bonds. The second-order valence-corrected chi connectivity index (χ2v) is 6.04. The normalized spacial score (nSPS) is 18.0. The van der Waals surface area contributed by atoms with Crippen molar-refractivity contribution in [3.63, 3.8) is 0 Å². The zero-order valence-electron chi connectivity index (χ0n) is 13.0. The summed E-state index contributed by atoms with van der Waals surface area (Å²) in [5.41, 5.74) is 2.22. The molecule has 0 aliphatic heterocycles. The summed E-state index contributed by atoms with van der Waals surface area (Å²) in [6, 6.07) is 5.05. The fraction of sp³-hybridized carbons (Fsp3) is 0.625. The third kappa shape index (κ3) is 3.35. The van der Waals surface area contributed by atoms with Crippen molar-refractivity contribution in [3.05, 3.63) is 35.9 Å². The molecule has 2 aromatic rings. The minimum absolute atomic E-state index is 0.223. The highest BCUT2D eigenvalue weighted by Crippen LogP contribution is 2.27. The minimum atomic E-state index is 0.223. The molecule has 5 nitrogen and oxygen atoms in total. The van der Waals surface area contributed by atoms with Crippen LogP contribution in [0.5, 0.6) is 0 Å². The van der Waals surface area contributed by atoms with Gasteiger partial charge in [0.25, 0.3) is 0 Å². The molecule has 0 spiro atoms. The van der Waals surface area contributed by atoms with Gasteiger partial charge in [-0.1, -0.05) is 19.3 Å². The van der Waals surface area contributed by atoms with E-state index in [1.165, 1.54) is 32.1 Å². The van der Waals surface area contributed by atoms with Crippen molar-refractivity contribution in [1.29, 1.82) is 0 Å². The van der Waals surface area contributed by atoms with Crippen LogP contribution >= 0.6 is 0 Å². The Bertz CT molecular complexity index is 565. The largest absolute Gasteiger partial charge is 0.311 e. The van der Waals surface area contributed by atoms with Crippen LogP contribution in [0, 0.1) is 0 Å². The second kappa shape index (κ2) is 6.43. The molecule has 0 bridgehead atoms. The smallest absolute Gasteiger partial charge is 0.0797 e. The number of nitrogens with one attached hydrogen (secondary N) is 1. The molecule has 0 aromatic carbocycles. The highest BCUT2D eigenvalue weighted by Gasteiger charge is 2.18. The summed E-state index contributed by atoms with van der Waals surface area (Å²) < 4.78 is 4.03. The number of hydrogen-bond donors (Lipinski definition) is 1. The van der Waals surface area contributed by atoms with E-state index in [2.05, 4.69) is 33.4 Å². The Balaban J connectivity index is 1.68. The van der Waals surface area contributed by atoms with Gasteiger partial charge >= 0.3 is 0 Å². The van der Waals surface area contributed by atoms with Crippen molar-refractivity contribution in [1.82, 2.24) is 24.9 Å². The molecule has 5 heteroatoms. The summed E-state index contributed by atoms with van der Waals surface area (Å²) in [4.78, 5) is 0. The second-order valence-electron chi connectivity index (χ2n) is 6.04. The Morgan fingerprint density at radius 2 is 2.00 bits per heavy atom. The van der Waals surface area contributed by atoms with Gasteiger partial charge in [-0.05, 0) is 32.0 Å². The SMILES string of the molecule is CNC(Cc1ccn(C2CCCCC2)n1)c1ccn(C)n1. The molecule has 2 heterocycles. The van der Waals surface area contributed by atoms with Crippen LogP contribution in [0.25, 0.3) is 0 Å². The Hall–Kier alpha value is -1.62. The third-order valence-corrected chi connectivity index (χ3v) is 4.47. The number of likely N-dealkylation sites (N-methyl/N-ethyl adjacent to an activating group) is 1. The predicted octanol–water partition coefficient (Wildman–Crippen LogP) is 2.63. The molecule has 3 rings (SSSR count). The van der Waals surface area contributed by atoms with E-state index in [0.29, 0.717) is 6.04 Å². The molecular formula is C16H25N5. The van der Waals surface area contributed by atoms with Gasteiger partial charge in [0.2, 0.25) is 0 Å². The average molecular weight is 287 g/mol. The van der Waals surface area contributed by atoms with Crippen LogP contribution in [-0.4, -0.2) is 26.6 Å². The molecule has 1 fully saturated rings. The van der Waals surface area contributed by atoms with Crippen molar-refractivity contribution < 1.29 is 0 Å². The number of aromatic nitrogens is 4. The van der Waals surface area contributed by atoms with Crippen molar-refractivity contribution in [3.8, 4) is 0 Å². The Kier molecular flexibility index (Phi) is 4.39. The van der Waals surface area contributed by atoms with Gasteiger partial charge in [-0.25, -0.2) is 0 Å². The van der Waals surface area contributed by atoms with E-state index in [0.717, 1.165) is 17.8 Å². The van der Waals surface area contributed by atoms with E-state index >= 15 is 0 Å². The van der Waals surface area contributed by atoms with E-state index in [1.54, 1.807) is 0 Å². The fourth-order valence-corrected chi connectivity index (χ4v) is 3.22. The van der Waals surface area contributed by atoms with Gasteiger partial charge in [0.15, 0.2) is 0 Å². The zero-order chi connectivity index (χ0) is 14.7. The standard InChI is InChI=1S/C16H25N5/c1-17-16(15-9-10-20(2)19-15)12-13-8-11-21(18-13)14-6-4-3-5-7-14/h8-11,14,16-17H,3-7,12H2,1-2H3. The van der Waals surface area contributed by atoms with Crippen LogP contribution in [-0.2, 0) is 13.5 Å². The first-order valence-electron chi connectivity index (χ1n) is 7.97. The third-order valence-electron chi connectivity index (χ3n) is 4.47. The van der Waals surface area contributed by atoms with E-state index in [9.17, 15) is 0 Å². The van der Waals surface area contributed by atoms with Crippen LogP contribution in [0.2, 0.25) is 0 Å². The Morgan fingerprint density at radius 3 is 2.67 bits per heavy atom. The van der Waals surface area contributed by atoms with Crippen LogP contribution in [0.3, 0.4) is 0 Å². The van der Waals surface area contributed by atoms with E-state index in [-0.39, 0.29) is 6.04 Å². The molecule has 21 heavy (non-hydrogen) atoms. The van der Waals surface area contributed by atoms with E-state index in [4.69, 9.17) is 5.10 Å². The lowest BCUT2D eigenvalue weighted by Gasteiger charge is -2.21. The van der Waals surface area contributed by atoms with Crippen LogP contribution in [0.4, 0.5) is 0 Å². The summed E-state index contributed by atoms with van der Waals surface area (Å²) in [6.07, 6.45) is 11.6. The zero-order valence-corrected chi connectivity index (χ0v) is 13.0. The molecular weight excluding hydrogens is 262 g/mol. The van der Waals surface area contributed by atoms with Crippen LogP contribution in [0.15, 0.2) is 24.5 Å². The van der Waals surface area contributed by atoms with Crippen LogP contribution < -0.4 is 5.32 Å². The van der Waals surface area contributed by atoms with Gasteiger partial charge in [0, 0.05) is 25.9 Å². The number of nitrogens with zero attached hydrogens (tertiary/aromatic N) is 4. The van der Waals surface area contributed by atoms with Gasteiger partial charge in [-0.3, -0.25) is 9.36 Å². The maximum atomic E-state index is 4.80. The van der Waals surface area contributed by atoms with E-state index in [1.807, 2.05) is 25.0 Å². The average Bonchev–Trinajstić information content (AvgIpc) is 3.15. The summed E-state index contributed by atoms with van der Waals surface area (Å²) in [6.45, 7) is 0. The van der Waals surface area contributed by atoms with E-state index < -0.39 is 0 Å². The quantitative estimate of drug-likeness (QED) is 0.919. The monoisotopic (exact) mass is 287 g/mol. The van der Waals surface area contributed by atoms with Crippen molar-refractivity contribution in [2.75, 3.05) is 7.05 Å². The lowest BCUT2D eigenvalue weighted by atomic mass is 9.96. The molecule has 0 radical (unpaired) electrons. The first-order chi connectivity index (χ1) is 10.3. The molecule has 1 unspecified atom stereocenters. The Morgan fingerprint density at radius 1 is 1.19 bits per heavy atom. The molecule has 1 aliphatic carbocycles. The first kappa shape index (κ1) is 14.3. The van der Waals surface area contributed by atoms with Crippen LogP contribution in [0.1, 0.15) is 55.6 Å². The number of aryl methyl sites for hydroxylation is 1. The molecule has 2 aromatic heterocycles. The van der Waals surface area contributed by atoms with Gasteiger partial charge in [0.1, 0.15) is 0 Å². The number of rotatable bonds is 5. The summed E-state index contributed by atoms with van der Waals surface area (Å²) in [7, 11) is 3.94. The minimum Gasteiger partial charge on any atom is -0.311 e. The van der Waals surface area contributed by atoms with Gasteiger partial charge in [-0.15, -0.1) is 0 Å². The lowest BCUT2D eigenvalue weighted by molar-refractivity contribution is 0.327. The fourth-order valence-electron chi connectivity index (χ4n) is 3.22. The maximum Gasteiger partial charge on any atom is 0.0797 e. The molecule has 0 saturated heterocycles. The molecule has 114 valence electrons. The summed E-state index contributed by atoms with van der Waals surface area (Å²) in [5, 5.41) is 12.6. The highest BCUT2D eigenvalue weighted by atomic mass is 15.3. The summed E-state index contributed by atoms with van der Waals surface area (Å²) in [5.74, 6) is 0. The highest BCUT2D eigenvalue weighted by molar-refractivity contribution is 5.11. The van der Waals surface area contributed by atoms with Crippen molar-refractivity contribution in [2.24, 2.45) is 7.05 Å². The van der Waals surface area contributed by atoms with Crippen molar-refractivity contribution >= 4 is 0 Å². The molecule has 1 saturated carbocycles. The molecule has 1 N–H and O–H groups in total. The van der Waals surface area contributed by atoms with Crippen molar-refractivity contribution in [2.45, 2.75) is 50.6 Å². The predicted molar refractivity (Wildman–Crippen MR) is 83.1 cm³/mol. The van der Waals surface area contributed by atoms with Gasteiger partial charge in [-0.2, -0.15) is 10.2 Å². The van der Waals surface area contributed by atoms with Gasteiger partial charge in [0.05, 0.1) is 23.5 Å². The summed E-state index contributed by atoms with van der Waals surface area (Å²) >= 11 is 0. The Labute approximate surface area is 126 Å². The maximum absolute atomic E-state index is 4.80. The number of hydrogen-bond acceptors (Lipinski definition) is 3. The first-order valence-corrected chi connectivity index (χ1v) is 7.97.